The predicted molar refractivity (Wildman–Crippen MR) is 53.2 cm³/mol. The van der Waals surface area contributed by atoms with Gasteiger partial charge in [-0.15, -0.1) is 0 Å². The summed E-state index contributed by atoms with van der Waals surface area (Å²) < 4.78 is 0. The molecule has 0 aliphatic heterocycles. The fourth-order valence-corrected chi connectivity index (χ4v) is 4.60. The summed E-state index contributed by atoms with van der Waals surface area (Å²) in [6.07, 6.45) is 8.08. The minimum atomic E-state index is 1.09. The zero-order valence-corrected chi connectivity index (χ0v) is 8.58. The zero-order valence-electron chi connectivity index (χ0n) is 8.58. The molecule has 4 fully saturated rings. The van der Waals surface area contributed by atoms with E-state index in [1.165, 1.54) is 35.5 Å². The van der Waals surface area contributed by atoms with Crippen LogP contribution >= 0.6 is 0 Å². The van der Waals surface area contributed by atoms with Gasteiger partial charge in [-0.1, -0.05) is 6.92 Å². The fourth-order valence-electron chi connectivity index (χ4n) is 4.60. The Morgan fingerprint density at radius 1 is 0.615 bits per heavy atom. The summed E-state index contributed by atoms with van der Waals surface area (Å²) in [5.74, 6) is 8.26. The summed E-state index contributed by atoms with van der Waals surface area (Å²) >= 11 is 0. The first kappa shape index (κ1) is 7.31. The molecular weight excluding hydrogens is 156 g/mol. The first-order valence-electron chi connectivity index (χ1n) is 6.33. The maximum Gasteiger partial charge on any atom is -0.0349 e. The van der Waals surface area contributed by atoms with Crippen molar-refractivity contribution in [3.05, 3.63) is 0 Å². The van der Waals surface area contributed by atoms with Gasteiger partial charge in [0.15, 0.2) is 0 Å². The average molecular weight is 176 g/mol. The van der Waals surface area contributed by atoms with Crippen LogP contribution in [-0.2, 0) is 0 Å². The standard InChI is InChI=1S/C13H20/c1-7-2-13-11(7)5-9-3-8(9)4-10-6-12(10)13/h7-13H,2-6H2,1H3. The third-order valence-corrected chi connectivity index (χ3v) is 5.70. The topological polar surface area (TPSA) is 0 Å². The van der Waals surface area contributed by atoms with Gasteiger partial charge in [-0.25, -0.2) is 0 Å². The third kappa shape index (κ3) is 0.926. The molecule has 0 amide bonds. The number of hydrogen-bond acceptors (Lipinski definition) is 0. The van der Waals surface area contributed by atoms with E-state index < -0.39 is 0 Å². The molecule has 0 radical (unpaired) electrons. The quantitative estimate of drug-likeness (QED) is 0.531. The van der Waals surface area contributed by atoms with Gasteiger partial charge in [0.25, 0.3) is 0 Å². The molecule has 0 aromatic heterocycles. The first-order valence-corrected chi connectivity index (χ1v) is 6.33. The highest BCUT2D eigenvalue weighted by atomic mass is 14.6. The molecule has 4 aliphatic rings. The maximum atomic E-state index is 2.50. The van der Waals surface area contributed by atoms with Crippen molar-refractivity contribution < 1.29 is 0 Å². The molecule has 0 aromatic rings. The Balaban J connectivity index is 1.59. The van der Waals surface area contributed by atoms with Crippen LogP contribution in [0.4, 0.5) is 0 Å². The van der Waals surface area contributed by atoms with Crippen LogP contribution in [0, 0.1) is 41.4 Å². The summed E-state index contributed by atoms with van der Waals surface area (Å²) in [5, 5.41) is 0. The molecule has 7 atom stereocenters. The lowest BCUT2D eigenvalue weighted by Gasteiger charge is -2.45. The molecule has 0 nitrogen and oxygen atoms in total. The van der Waals surface area contributed by atoms with Gasteiger partial charge in [0.2, 0.25) is 0 Å². The monoisotopic (exact) mass is 176 g/mol. The van der Waals surface area contributed by atoms with Crippen molar-refractivity contribution in [3.8, 4) is 0 Å². The van der Waals surface area contributed by atoms with Crippen LogP contribution in [-0.4, -0.2) is 0 Å². The van der Waals surface area contributed by atoms with Gasteiger partial charge in [-0.05, 0) is 73.5 Å². The van der Waals surface area contributed by atoms with Gasteiger partial charge in [-0.2, -0.15) is 0 Å². The van der Waals surface area contributed by atoms with Crippen LogP contribution in [0.5, 0.6) is 0 Å². The van der Waals surface area contributed by atoms with Crippen LogP contribution < -0.4 is 0 Å². The van der Waals surface area contributed by atoms with Crippen LogP contribution in [0.2, 0.25) is 0 Å². The van der Waals surface area contributed by atoms with E-state index in [1.807, 2.05) is 0 Å². The van der Waals surface area contributed by atoms with E-state index >= 15 is 0 Å². The van der Waals surface area contributed by atoms with Gasteiger partial charge in [0.1, 0.15) is 0 Å². The van der Waals surface area contributed by atoms with Gasteiger partial charge in [-0.3, -0.25) is 0 Å². The van der Waals surface area contributed by atoms with E-state index in [4.69, 9.17) is 0 Å². The van der Waals surface area contributed by atoms with Crippen molar-refractivity contribution in [2.45, 2.75) is 39.0 Å². The van der Waals surface area contributed by atoms with Crippen LogP contribution in [0.3, 0.4) is 0 Å². The largest absolute Gasteiger partial charge is 0.0622 e. The summed E-state index contributed by atoms with van der Waals surface area (Å²) in [5.41, 5.74) is 0. The molecular formula is C13H20. The summed E-state index contributed by atoms with van der Waals surface area (Å²) in [6, 6.07) is 0. The van der Waals surface area contributed by atoms with Gasteiger partial charge < -0.3 is 0 Å². The number of rotatable bonds is 0. The van der Waals surface area contributed by atoms with E-state index in [2.05, 4.69) is 6.92 Å². The van der Waals surface area contributed by atoms with E-state index in [9.17, 15) is 0 Å². The molecule has 7 unspecified atom stereocenters. The molecule has 0 N–H and O–H groups in total. The molecule has 0 heterocycles. The fraction of sp³-hybridized carbons (Fsp3) is 1.00. The Labute approximate surface area is 81.1 Å². The van der Waals surface area contributed by atoms with Crippen LogP contribution in [0.1, 0.15) is 39.0 Å². The second-order valence-corrected chi connectivity index (χ2v) is 6.43. The van der Waals surface area contributed by atoms with Crippen LogP contribution in [0.25, 0.3) is 0 Å². The SMILES string of the molecule is CC1CC2C1CC1CC1CC1CC12. The second kappa shape index (κ2) is 2.15. The Bertz CT molecular complexity index is 244. The smallest absolute Gasteiger partial charge is 0.0349 e. The summed E-state index contributed by atoms with van der Waals surface area (Å²) in [4.78, 5) is 0. The van der Waals surface area contributed by atoms with Crippen molar-refractivity contribution in [1.82, 2.24) is 0 Å². The lowest BCUT2D eigenvalue weighted by atomic mass is 9.60. The highest BCUT2D eigenvalue weighted by Crippen LogP contribution is 2.66. The van der Waals surface area contributed by atoms with Gasteiger partial charge in [0, 0.05) is 0 Å². The molecule has 4 saturated carbocycles. The highest BCUT2D eigenvalue weighted by Gasteiger charge is 2.57. The Morgan fingerprint density at radius 3 is 2.15 bits per heavy atom. The van der Waals surface area contributed by atoms with Gasteiger partial charge in [0.05, 0.1) is 0 Å². The lowest BCUT2D eigenvalue weighted by Crippen LogP contribution is -2.37. The number of fused-ring (bicyclic) bond motifs is 4. The van der Waals surface area contributed by atoms with E-state index in [0.29, 0.717) is 0 Å². The minimum absolute atomic E-state index is 1.09. The molecule has 0 heteroatoms. The molecule has 4 aliphatic carbocycles. The van der Waals surface area contributed by atoms with E-state index in [1.54, 1.807) is 32.1 Å². The predicted octanol–water partition coefficient (Wildman–Crippen LogP) is 3.32. The second-order valence-electron chi connectivity index (χ2n) is 6.43. The van der Waals surface area contributed by atoms with Crippen molar-refractivity contribution in [2.24, 2.45) is 41.4 Å². The molecule has 0 spiro atoms. The normalized spacial score (nSPS) is 67.6. The van der Waals surface area contributed by atoms with Crippen molar-refractivity contribution in [2.75, 3.05) is 0 Å². The Kier molecular flexibility index (Phi) is 1.21. The average Bonchev–Trinajstić information content (AvgIpc) is 2.97. The maximum absolute atomic E-state index is 2.50. The first-order chi connectivity index (χ1) is 6.33. The van der Waals surface area contributed by atoms with Crippen molar-refractivity contribution in [3.63, 3.8) is 0 Å². The summed E-state index contributed by atoms with van der Waals surface area (Å²) in [7, 11) is 0. The van der Waals surface area contributed by atoms with Crippen LogP contribution in [0.15, 0.2) is 0 Å². The Morgan fingerprint density at radius 2 is 1.31 bits per heavy atom. The molecule has 0 bridgehead atoms. The minimum Gasteiger partial charge on any atom is -0.0622 e. The van der Waals surface area contributed by atoms with Crippen molar-refractivity contribution in [1.29, 1.82) is 0 Å². The molecule has 0 aromatic carbocycles. The van der Waals surface area contributed by atoms with E-state index in [0.717, 1.165) is 5.92 Å². The number of hydrogen-bond donors (Lipinski definition) is 0. The molecule has 72 valence electrons. The Hall–Kier alpha value is 0. The lowest BCUT2D eigenvalue weighted by molar-refractivity contribution is 0.0426. The molecule has 13 heavy (non-hydrogen) atoms. The third-order valence-electron chi connectivity index (χ3n) is 5.70. The zero-order chi connectivity index (χ0) is 8.58. The molecule has 4 rings (SSSR count). The van der Waals surface area contributed by atoms with Gasteiger partial charge >= 0.3 is 0 Å². The van der Waals surface area contributed by atoms with Crippen molar-refractivity contribution >= 4 is 0 Å². The van der Waals surface area contributed by atoms with E-state index in [-0.39, 0.29) is 0 Å². The summed E-state index contributed by atoms with van der Waals surface area (Å²) in [6.45, 7) is 2.50. The highest BCUT2D eigenvalue weighted by molar-refractivity contribution is 5.07. The molecule has 0 saturated heterocycles.